The Labute approximate surface area is 152 Å². The highest BCUT2D eigenvalue weighted by molar-refractivity contribution is 8.03. The normalized spacial score (nSPS) is 30.2. The smallest absolute Gasteiger partial charge is 0.353 e. The summed E-state index contributed by atoms with van der Waals surface area (Å²) in [7, 11) is 4.40. The van der Waals surface area contributed by atoms with Crippen LogP contribution in [-0.4, -0.2) is 101 Å². The van der Waals surface area contributed by atoms with E-state index in [1.165, 1.54) is 4.90 Å². The van der Waals surface area contributed by atoms with Crippen LogP contribution in [0.25, 0.3) is 0 Å². The topological polar surface area (TPSA) is 81.1 Å². The summed E-state index contributed by atoms with van der Waals surface area (Å²) in [5.74, 6) is -0.913. The highest BCUT2D eigenvalue weighted by Crippen LogP contribution is 2.47. The molecule has 0 aromatic carbocycles. The molecule has 1 amide bonds. The van der Waals surface area contributed by atoms with Crippen LogP contribution in [0.2, 0.25) is 0 Å². The number of aliphatic hydroxyl groups is 1. The van der Waals surface area contributed by atoms with Crippen molar-refractivity contribution in [1.82, 2.24) is 9.80 Å². The van der Waals surface area contributed by atoms with Crippen LogP contribution in [-0.2, 0) is 9.59 Å². The van der Waals surface area contributed by atoms with Gasteiger partial charge in [0.05, 0.1) is 44.7 Å². The lowest BCUT2D eigenvalue weighted by molar-refractivity contribution is -0.911. The molecule has 2 fully saturated rings. The van der Waals surface area contributed by atoms with Crippen LogP contribution in [0.3, 0.4) is 0 Å². The van der Waals surface area contributed by atoms with Crippen molar-refractivity contribution in [2.45, 2.75) is 25.5 Å². The van der Waals surface area contributed by atoms with Gasteiger partial charge in [0.2, 0.25) is 5.91 Å². The summed E-state index contributed by atoms with van der Waals surface area (Å²) in [6.07, 6.45) is -0.178. The van der Waals surface area contributed by atoms with Crippen molar-refractivity contribution < 1.29 is 24.3 Å². The van der Waals surface area contributed by atoms with Crippen LogP contribution in [0.5, 0.6) is 0 Å². The van der Waals surface area contributed by atoms with Crippen molar-refractivity contribution in [2.24, 2.45) is 5.92 Å². The third-order valence-electron chi connectivity index (χ3n) is 5.84. The van der Waals surface area contributed by atoms with Crippen LogP contribution in [0.15, 0.2) is 10.6 Å². The zero-order chi connectivity index (χ0) is 18.4. The van der Waals surface area contributed by atoms with Crippen molar-refractivity contribution in [3.05, 3.63) is 10.6 Å². The lowest BCUT2D eigenvalue weighted by Gasteiger charge is -2.44. The van der Waals surface area contributed by atoms with Gasteiger partial charge >= 0.3 is 5.97 Å². The molecule has 3 heterocycles. The number of likely N-dealkylation sites (N-methyl/N-ethyl adjacent to an activating group) is 2. The fraction of sp³-hybridized carbons (Fsp3) is 0.765. The number of carboxylic acid groups (broad SMARTS) is 1. The number of hydrogen-bond donors (Lipinski definition) is 2. The standard InChI is InChI=1S/C17H27N3O4S/c1-11(21)14-12-10-13(15(17(23)24)19(12)16(14)22)25-9-8-20(3)6-4-18(2)5-7-20/h11-12,14,21H,4-10H2,1-3H3/p+1/t11-,12-,14-/m1/s1. The molecule has 0 bridgehead atoms. The van der Waals surface area contributed by atoms with Crippen LogP contribution < -0.4 is 0 Å². The molecule has 3 rings (SSSR count). The second-order valence-electron chi connectivity index (χ2n) is 7.77. The van der Waals surface area contributed by atoms with E-state index < -0.39 is 18.0 Å². The molecule has 0 aromatic heterocycles. The number of quaternary nitrogens is 1. The molecule has 3 atom stereocenters. The molecule has 0 aliphatic carbocycles. The number of rotatable bonds is 6. The van der Waals surface area contributed by atoms with E-state index in [-0.39, 0.29) is 17.6 Å². The average molecular weight is 370 g/mol. The predicted molar refractivity (Wildman–Crippen MR) is 95.8 cm³/mol. The van der Waals surface area contributed by atoms with Crippen LogP contribution in [0.4, 0.5) is 0 Å². The van der Waals surface area contributed by atoms with E-state index in [0.717, 1.165) is 47.9 Å². The SMILES string of the molecule is C[C@@H](O)[C@H]1C(=O)N2C(C(=O)O)=C(SCC[N+]3(C)CCN(C)CC3)C[C@H]12. The van der Waals surface area contributed by atoms with Crippen molar-refractivity contribution in [1.29, 1.82) is 0 Å². The number of piperazine rings is 1. The summed E-state index contributed by atoms with van der Waals surface area (Å²) in [6, 6.07) is -0.186. The minimum absolute atomic E-state index is 0.137. The molecule has 8 heteroatoms. The number of β-lactam (4-membered cyclic amide) rings is 1. The Bertz CT molecular complexity index is 599. The number of amides is 1. The molecule has 0 aromatic rings. The second kappa shape index (κ2) is 6.90. The zero-order valence-corrected chi connectivity index (χ0v) is 16.0. The summed E-state index contributed by atoms with van der Waals surface area (Å²) in [5, 5.41) is 19.3. The summed E-state index contributed by atoms with van der Waals surface area (Å²) in [4.78, 5) is 28.4. The van der Waals surface area contributed by atoms with Gasteiger partial charge in [-0.2, -0.15) is 0 Å². The number of aliphatic hydroxyl groups excluding tert-OH is 1. The fourth-order valence-corrected chi connectivity index (χ4v) is 5.41. The Morgan fingerprint density at radius 2 is 2.04 bits per heavy atom. The Morgan fingerprint density at radius 1 is 1.40 bits per heavy atom. The first kappa shape index (κ1) is 18.7. The van der Waals surface area contributed by atoms with Gasteiger partial charge in [-0.25, -0.2) is 4.79 Å². The van der Waals surface area contributed by atoms with Crippen LogP contribution >= 0.6 is 11.8 Å². The minimum atomic E-state index is -1.04. The molecule has 3 aliphatic rings. The van der Waals surface area contributed by atoms with E-state index in [0.29, 0.717) is 6.42 Å². The van der Waals surface area contributed by atoms with Gasteiger partial charge in [0.25, 0.3) is 0 Å². The molecule has 0 saturated carbocycles. The Hall–Kier alpha value is -1.09. The Morgan fingerprint density at radius 3 is 2.60 bits per heavy atom. The highest BCUT2D eigenvalue weighted by Gasteiger charge is 2.56. The largest absolute Gasteiger partial charge is 0.477 e. The van der Waals surface area contributed by atoms with E-state index in [4.69, 9.17) is 0 Å². The van der Waals surface area contributed by atoms with Gasteiger partial charge in [0.1, 0.15) is 5.70 Å². The van der Waals surface area contributed by atoms with Gasteiger partial charge in [-0.1, -0.05) is 0 Å². The summed E-state index contributed by atoms with van der Waals surface area (Å²) >= 11 is 1.57. The fourth-order valence-electron chi connectivity index (χ4n) is 4.02. The summed E-state index contributed by atoms with van der Waals surface area (Å²) in [6.45, 7) is 6.99. The molecule has 140 valence electrons. The molecule has 0 unspecified atom stereocenters. The quantitative estimate of drug-likeness (QED) is 0.507. The van der Waals surface area contributed by atoms with Crippen molar-refractivity contribution >= 4 is 23.6 Å². The molecule has 0 spiro atoms. The molecule has 0 radical (unpaired) electrons. The number of carbonyl (C=O) groups excluding carboxylic acids is 1. The predicted octanol–water partition coefficient (Wildman–Crippen LogP) is 0.0193. The maximum Gasteiger partial charge on any atom is 0.353 e. The van der Waals surface area contributed by atoms with Crippen molar-refractivity contribution in [3.8, 4) is 0 Å². The third-order valence-corrected chi connectivity index (χ3v) is 6.94. The lowest BCUT2D eigenvalue weighted by atomic mass is 9.83. The number of carbonyl (C=O) groups is 2. The monoisotopic (exact) mass is 370 g/mol. The molecular weight excluding hydrogens is 342 g/mol. The number of nitrogens with zero attached hydrogens (tertiary/aromatic N) is 3. The molecule has 2 saturated heterocycles. The van der Waals surface area contributed by atoms with Crippen LogP contribution in [0.1, 0.15) is 13.3 Å². The molecule has 25 heavy (non-hydrogen) atoms. The van der Waals surface area contributed by atoms with Gasteiger partial charge < -0.3 is 19.6 Å². The van der Waals surface area contributed by atoms with E-state index in [1.54, 1.807) is 18.7 Å². The van der Waals surface area contributed by atoms with Gasteiger partial charge in [-0.15, -0.1) is 11.8 Å². The summed E-state index contributed by atoms with van der Waals surface area (Å²) < 4.78 is 1.01. The molecule has 3 aliphatic heterocycles. The Kier molecular flexibility index (Phi) is 5.16. The van der Waals surface area contributed by atoms with Gasteiger partial charge in [-0.3, -0.25) is 9.69 Å². The van der Waals surface area contributed by atoms with Gasteiger partial charge in [-0.05, 0) is 14.0 Å². The van der Waals surface area contributed by atoms with Crippen molar-refractivity contribution in [2.75, 3.05) is 52.6 Å². The van der Waals surface area contributed by atoms with Gasteiger partial charge in [0, 0.05) is 30.2 Å². The molecular formula is C17H28N3O4S+. The molecule has 7 nitrogen and oxygen atoms in total. The summed E-state index contributed by atoms with van der Waals surface area (Å²) in [5.41, 5.74) is 0.137. The number of thioether (sulfide) groups is 1. The third kappa shape index (κ3) is 3.45. The number of carboxylic acids is 1. The number of hydrogen-bond acceptors (Lipinski definition) is 5. The van der Waals surface area contributed by atoms with E-state index in [1.807, 2.05) is 0 Å². The first-order valence-electron chi connectivity index (χ1n) is 8.86. The van der Waals surface area contributed by atoms with Gasteiger partial charge in [0.15, 0.2) is 0 Å². The van der Waals surface area contributed by atoms with E-state index in [2.05, 4.69) is 19.0 Å². The average Bonchev–Trinajstić information content (AvgIpc) is 2.85. The number of fused-ring (bicyclic) bond motifs is 1. The zero-order valence-electron chi connectivity index (χ0n) is 15.1. The second-order valence-corrected chi connectivity index (χ2v) is 8.95. The van der Waals surface area contributed by atoms with Crippen LogP contribution in [0, 0.1) is 5.92 Å². The minimum Gasteiger partial charge on any atom is -0.477 e. The Balaban J connectivity index is 1.62. The maximum absolute atomic E-state index is 12.2. The highest BCUT2D eigenvalue weighted by atomic mass is 32.2. The molecule has 2 N–H and O–H groups in total. The maximum atomic E-state index is 12.2. The number of aliphatic carboxylic acids is 1. The lowest BCUT2D eigenvalue weighted by Crippen LogP contribution is -2.61. The first-order chi connectivity index (χ1) is 11.7. The first-order valence-corrected chi connectivity index (χ1v) is 9.84. The van der Waals surface area contributed by atoms with Crippen molar-refractivity contribution in [3.63, 3.8) is 0 Å². The van der Waals surface area contributed by atoms with E-state index >= 15 is 0 Å². The van der Waals surface area contributed by atoms with E-state index in [9.17, 15) is 19.8 Å².